The Kier molecular flexibility index (Phi) is 4.20. The Morgan fingerprint density at radius 1 is 1.33 bits per heavy atom. The van der Waals surface area contributed by atoms with E-state index in [1.54, 1.807) is 7.11 Å². The van der Waals surface area contributed by atoms with Crippen LogP contribution in [0.15, 0.2) is 18.2 Å². The second-order valence-electron chi connectivity index (χ2n) is 4.57. The average Bonchev–Trinajstić information content (AvgIpc) is 2.62. The van der Waals surface area contributed by atoms with Crippen molar-refractivity contribution < 1.29 is 9.53 Å². The van der Waals surface area contributed by atoms with E-state index in [2.05, 4.69) is 0 Å². The molecule has 98 valence electrons. The van der Waals surface area contributed by atoms with Gasteiger partial charge in [-0.3, -0.25) is 4.79 Å². The fourth-order valence-electron chi connectivity index (χ4n) is 2.31. The smallest absolute Gasteiger partial charge is 0.227 e. The number of rotatable bonds is 3. The minimum Gasteiger partial charge on any atom is -0.495 e. The van der Waals surface area contributed by atoms with Gasteiger partial charge in [0.05, 0.1) is 12.8 Å². The second-order valence-corrected chi connectivity index (χ2v) is 4.57. The molecule has 0 radical (unpaired) electrons. The Hall–Kier alpha value is -1.55. The summed E-state index contributed by atoms with van der Waals surface area (Å²) < 4.78 is 5.38. The van der Waals surface area contributed by atoms with Crippen LogP contribution in [-0.2, 0) is 11.3 Å². The second kappa shape index (κ2) is 5.87. The molecule has 0 unspecified atom stereocenters. The number of carbonyl (C=O) groups is 1. The molecule has 4 nitrogen and oxygen atoms in total. The number of nitrogens with two attached hydrogens (primary N) is 1. The lowest BCUT2D eigenvalue weighted by Gasteiger charge is -2.23. The van der Waals surface area contributed by atoms with Crippen LogP contribution in [0.2, 0.25) is 0 Å². The maximum absolute atomic E-state index is 12.1. The molecule has 1 fully saturated rings. The summed E-state index contributed by atoms with van der Waals surface area (Å²) in [4.78, 5) is 13.9. The molecule has 0 aromatic heterocycles. The highest BCUT2D eigenvalue weighted by atomic mass is 16.5. The van der Waals surface area contributed by atoms with Gasteiger partial charge in [0.25, 0.3) is 0 Å². The quantitative estimate of drug-likeness (QED) is 0.890. The number of anilines is 1. The Bertz CT molecular complexity index is 432. The first-order valence-corrected chi connectivity index (χ1v) is 6.43. The van der Waals surface area contributed by atoms with Crippen LogP contribution >= 0.6 is 0 Å². The van der Waals surface area contributed by atoms with Crippen molar-refractivity contribution in [1.82, 2.24) is 0 Å². The summed E-state index contributed by atoms with van der Waals surface area (Å²) in [6.07, 6.45) is 3.78. The van der Waals surface area contributed by atoms with Gasteiger partial charge in [-0.05, 0) is 30.5 Å². The standard InChI is InChI=1S/C14H20N2O2/c1-18-13-9-11(10-15)6-7-12(13)16-8-4-2-3-5-14(16)17/h6-7,9H,2-5,8,10,15H2,1H3. The van der Waals surface area contributed by atoms with Crippen molar-refractivity contribution >= 4 is 11.6 Å². The first-order valence-electron chi connectivity index (χ1n) is 6.43. The zero-order chi connectivity index (χ0) is 13.0. The molecular formula is C14H20N2O2. The van der Waals surface area contributed by atoms with Gasteiger partial charge in [0, 0.05) is 19.5 Å². The summed E-state index contributed by atoms with van der Waals surface area (Å²) in [5, 5.41) is 0. The van der Waals surface area contributed by atoms with E-state index in [9.17, 15) is 4.79 Å². The van der Waals surface area contributed by atoms with Gasteiger partial charge in [-0.2, -0.15) is 0 Å². The summed E-state index contributed by atoms with van der Waals surface area (Å²) in [5.41, 5.74) is 7.49. The molecule has 1 aromatic carbocycles. The number of methoxy groups -OCH3 is 1. The van der Waals surface area contributed by atoms with Crippen LogP contribution < -0.4 is 15.4 Å². The third-order valence-electron chi connectivity index (χ3n) is 3.34. The molecule has 0 aliphatic carbocycles. The zero-order valence-corrected chi connectivity index (χ0v) is 10.8. The number of hydrogen-bond acceptors (Lipinski definition) is 3. The van der Waals surface area contributed by atoms with E-state index < -0.39 is 0 Å². The molecule has 0 spiro atoms. The Morgan fingerprint density at radius 3 is 2.89 bits per heavy atom. The lowest BCUT2D eigenvalue weighted by molar-refractivity contribution is -0.118. The molecule has 1 amide bonds. The van der Waals surface area contributed by atoms with Crippen molar-refractivity contribution in [2.45, 2.75) is 32.2 Å². The summed E-state index contributed by atoms with van der Waals surface area (Å²) in [5.74, 6) is 0.916. The van der Waals surface area contributed by atoms with Gasteiger partial charge in [-0.15, -0.1) is 0 Å². The summed E-state index contributed by atoms with van der Waals surface area (Å²) >= 11 is 0. The van der Waals surface area contributed by atoms with Gasteiger partial charge in [-0.1, -0.05) is 12.5 Å². The van der Waals surface area contributed by atoms with Gasteiger partial charge in [0.2, 0.25) is 5.91 Å². The third kappa shape index (κ3) is 2.64. The van der Waals surface area contributed by atoms with E-state index in [1.807, 2.05) is 23.1 Å². The highest BCUT2D eigenvalue weighted by Crippen LogP contribution is 2.31. The van der Waals surface area contributed by atoms with Crippen molar-refractivity contribution in [1.29, 1.82) is 0 Å². The summed E-state index contributed by atoms with van der Waals surface area (Å²) in [6, 6.07) is 5.80. The predicted molar refractivity (Wildman–Crippen MR) is 71.7 cm³/mol. The minimum atomic E-state index is 0.186. The number of nitrogens with zero attached hydrogens (tertiary/aromatic N) is 1. The monoisotopic (exact) mass is 248 g/mol. The third-order valence-corrected chi connectivity index (χ3v) is 3.34. The van der Waals surface area contributed by atoms with Crippen molar-refractivity contribution in [2.24, 2.45) is 5.73 Å². The number of benzene rings is 1. The van der Waals surface area contributed by atoms with E-state index in [0.717, 1.165) is 42.8 Å². The molecule has 2 rings (SSSR count). The van der Waals surface area contributed by atoms with E-state index in [1.165, 1.54) is 0 Å². The van der Waals surface area contributed by atoms with Crippen molar-refractivity contribution in [3.8, 4) is 5.75 Å². The van der Waals surface area contributed by atoms with Gasteiger partial charge in [-0.25, -0.2) is 0 Å². The van der Waals surface area contributed by atoms with Crippen LogP contribution in [0, 0.1) is 0 Å². The Morgan fingerprint density at radius 2 is 2.17 bits per heavy atom. The Labute approximate surface area is 108 Å². The first-order chi connectivity index (χ1) is 8.76. The van der Waals surface area contributed by atoms with Crippen molar-refractivity contribution in [3.63, 3.8) is 0 Å². The maximum Gasteiger partial charge on any atom is 0.227 e. The number of amides is 1. The molecule has 0 bridgehead atoms. The van der Waals surface area contributed by atoms with Crippen molar-refractivity contribution in [3.05, 3.63) is 23.8 Å². The van der Waals surface area contributed by atoms with Crippen LogP contribution in [0.4, 0.5) is 5.69 Å². The Balaban J connectivity index is 2.33. The highest BCUT2D eigenvalue weighted by molar-refractivity contribution is 5.95. The van der Waals surface area contributed by atoms with E-state index in [4.69, 9.17) is 10.5 Å². The molecule has 1 saturated heterocycles. The van der Waals surface area contributed by atoms with Crippen LogP contribution in [0.25, 0.3) is 0 Å². The molecule has 4 heteroatoms. The molecular weight excluding hydrogens is 228 g/mol. The molecule has 1 aliphatic rings. The van der Waals surface area contributed by atoms with Gasteiger partial charge < -0.3 is 15.4 Å². The largest absolute Gasteiger partial charge is 0.495 e. The molecule has 0 saturated carbocycles. The molecule has 1 heterocycles. The first kappa shape index (κ1) is 12.9. The van der Waals surface area contributed by atoms with Gasteiger partial charge in [0.1, 0.15) is 5.75 Å². The van der Waals surface area contributed by atoms with Crippen LogP contribution in [0.5, 0.6) is 5.75 Å². The van der Waals surface area contributed by atoms with E-state index in [0.29, 0.717) is 13.0 Å². The lowest BCUT2D eigenvalue weighted by atomic mass is 10.1. The predicted octanol–water partition coefficient (Wildman–Crippen LogP) is 2.06. The van der Waals surface area contributed by atoms with E-state index in [-0.39, 0.29) is 5.91 Å². The maximum atomic E-state index is 12.1. The normalized spacial score (nSPS) is 16.6. The summed E-state index contributed by atoms with van der Waals surface area (Å²) in [7, 11) is 1.63. The number of carbonyl (C=O) groups excluding carboxylic acids is 1. The number of ether oxygens (including phenoxy) is 1. The molecule has 1 aliphatic heterocycles. The molecule has 0 atom stereocenters. The molecule has 1 aromatic rings. The highest BCUT2D eigenvalue weighted by Gasteiger charge is 2.21. The minimum absolute atomic E-state index is 0.186. The summed E-state index contributed by atoms with van der Waals surface area (Å²) in [6.45, 7) is 1.25. The SMILES string of the molecule is COc1cc(CN)ccc1N1CCCCCC1=O. The van der Waals surface area contributed by atoms with Crippen LogP contribution in [0.1, 0.15) is 31.2 Å². The fraction of sp³-hybridized carbons (Fsp3) is 0.500. The average molecular weight is 248 g/mol. The van der Waals surface area contributed by atoms with Gasteiger partial charge >= 0.3 is 0 Å². The number of hydrogen-bond donors (Lipinski definition) is 1. The molecule has 2 N–H and O–H groups in total. The van der Waals surface area contributed by atoms with Crippen LogP contribution in [-0.4, -0.2) is 19.6 Å². The van der Waals surface area contributed by atoms with Crippen molar-refractivity contribution in [2.75, 3.05) is 18.6 Å². The zero-order valence-electron chi connectivity index (χ0n) is 10.8. The van der Waals surface area contributed by atoms with Gasteiger partial charge in [0.15, 0.2) is 0 Å². The topological polar surface area (TPSA) is 55.6 Å². The lowest BCUT2D eigenvalue weighted by Crippen LogP contribution is -2.30. The molecule has 18 heavy (non-hydrogen) atoms. The fourth-order valence-corrected chi connectivity index (χ4v) is 2.31. The van der Waals surface area contributed by atoms with E-state index >= 15 is 0 Å². The van der Waals surface area contributed by atoms with Crippen LogP contribution in [0.3, 0.4) is 0 Å².